The molecule has 2 aromatic rings. The standard InChI is InChI=1S/C18H22FN3O3/c1-17(2,3)18(8-4-5-9-21(18)16(24)25)22-11-20-14-7-6-12(19)10-13(14)15(22)23/h6-7,10-11H,4-5,8-9H2,1-3H3,(H,24,25). The quantitative estimate of drug-likeness (QED) is 0.858. The molecular formula is C18H22FN3O3. The maximum absolute atomic E-state index is 13.6. The van der Waals surface area contributed by atoms with Crippen molar-refractivity contribution in [2.45, 2.75) is 45.7 Å². The number of nitrogens with zero attached hydrogens (tertiary/aromatic N) is 3. The molecule has 0 spiro atoms. The average Bonchev–Trinajstić information content (AvgIpc) is 2.54. The molecule has 0 bridgehead atoms. The molecule has 1 saturated heterocycles. The Balaban J connectivity index is 2.35. The zero-order valence-corrected chi connectivity index (χ0v) is 14.6. The molecule has 1 unspecified atom stereocenters. The van der Waals surface area contributed by atoms with Gasteiger partial charge in [-0.25, -0.2) is 14.2 Å². The number of fused-ring (bicyclic) bond motifs is 1. The van der Waals surface area contributed by atoms with Crippen LogP contribution in [0.3, 0.4) is 0 Å². The maximum Gasteiger partial charge on any atom is 0.409 e. The van der Waals surface area contributed by atoms with Gasteiger partial charge in [0.15, 0.2) is 0 Å². The molecule has 1 fully saturated rings. The van der Waals surface area contributed by atoms with E-state index in [1.807, 2.05) is 20.8 Å². The lowest BCUT2D eigenvalue weighted by Gasteiger charge is -2.54. The van der Waals surface area contributed by atoms with Crippen molar-refractivity contribution in [1.82, 2.24) is 14.5 Å². The van der Waals surface area contributed by atoms with Gasteiger partial charge in [0, 0.05) is 12.0 Å². The lowest BCUT2D eigenvalue weighted by Crippen LogP contribution is -2.64. The van der Waals surface area contributed by atoms with Crippen LogP contribution in [0.1, 0.15) is 40.0 Å². The molecule has 0 saturated carbocycles. The molecule has 1 aromatic carbocycles. The fourth-order valence-corrected chi connectivity index (χ4v) is 3.96. The Labute approximate surface area is 144 Å². The Hall–Kier alpha value is -2.44. The van der Waals surface area contributed by atoms with Crippen LogP contribution in [0, 0.1) is 11.2 Å². The predicted molar refractivity (Wildman–Crippen MR) is 92.0 cm³/mol. The number of hydrogen-bond donors (Lipinski definition) is 1. The van der Waals surface area contributed by atoms with E-state index in [4.69, 9.17) is 0 Å². The van der Waals surface area contributed by atoms with E-state index in [0.717, 1.165) is 18.9 Å². The minimum atomic E-state index is -1.07. The van der Waals surface area contributed by atoms with E-state index in [0.29, 0.717) is 18.5 Å². The summed E-state index contributed by atoms with van der Waals surface area (Å²) in [4.78, 5) is 30.7. The highest BCUT2D eigenvalue weighted by Crippen LogP contribution is 2.46. The van der Waals surface area contributed by atoms with Crippen LogP contribution in [0.4, 0.5) is 9.18 Å². The number of hydrogen-bond acceptors (Lipinski definition) is 3. The van der Waals surface area contributed by atoms with E-state index in [1.54, 1.807) is 0 Å². The van der Waals surface area contributed by atoms with Gasteiger partial charge in [0.1, 0.15) is 17.8 Å². The van der Waals surface area contributed by atoms with Crippen molar-refractivity contribution < 1.29 is 14.3 Å². The van der Waals surface area contributed by atoms with Gasteiger partial charge in [0.05, 0.1) is 10.9 Å². The summed E-state index contributed by atoms with van der Waals surface area (Å²) in [5.74, 6) is -0.521. The number of likely N-dealkylation sites (tertiary alicyclic amines) is 1. The summed E-state index contributed by atoms with van der Waals surface area (Å²) in [6.07, 6.45) is 2.38. The smallest absolute Gasteiger partial charge is 0.409 e. The second kappa shape index (κ2) is 5.82. The monoisotopic (exact) mass is 347 g/mol. The first-order valence-electron chi connectivity index (χ1n) is 8.36. The van der Waals surface area contributed by atoms with Gasteiger partial charge in [0.2, 0.25) is 0 Å². The number of rotatable bonds is 1. The van der Waals surface area contributed by atoms with Crippen LogP contribution in [0.2, 0.25) is 0 Å². The zero-order chi connectivity index (χ0) is 18.4. The lowest BCUT2D eigenvalue weighted by molar-refractivity contribution is -0.0864. The second-order valence-corrected chi connectivity index (χ2v) is 7.54. The topological polar surface area (TPSA) is 75.4 Å². The summed E-state index contributed by atoms with van der Waals surface area (Å²) in [6, 6.07) is 3.87. The number of amides is 1. The summed E-state index contributed by atoms with van der Waals surface area (Å²) in [6.45, 7) is 6.09. The Morgan fingerprint density at radius 1 is 1.32 bits per heavy atom. The number of halogens is 1. The highest BCUT2D eigenvalue weighted by atomic mass is 19.1. The molecule has 0 radical (unpaired) electrons. The SMILES string of the molecule is CC(C)(C)C1(n2cnc3ccc(F)cc3c2=O)CCCCN1C(=O)O. The molecule has 7 heteroatoms. The summed E-state index contributed by atoms with van der Waals surface area (Å²) < 4.78 is 15.0. The van der Waals surface area contributed by atoms with Crippen LogP contribution in [-0.2, 0) is 5.66 Å². The Morgan fingerprint density at radius 2 is 2.04 bits per heavy atom. The van der Waals surface area contributed by atoms with Crippen LogP contribution in [0.15, 0.2) is 29.3 Å². The summed E-state index contributed by atoms with van der Waals surface area (Å²) in [7, 11) is 0. The van der Waals surface area contributed by atoms with Gasteiger partial charge in [-0.05, 0) is 37.5 Å². The van der Waals surface area contributed by atoms with E-state index >= 15 is 0 Å². The molecule has 3 rings (SSSR count). The number of carboxylic acid groups (broad SMARTS) is 1. The third-order valence-electron chi connectivity index (χ3n) is 5.15. The summed E-state index contributed by atoms with van der Waals surface area (Å²) >= 11 is 0. The first-order chi connectivity index (χ1) is 11.7. The van der Waals surface area contributed by atoms with Crippen LogP contribution in [0.5, 0.6) is 0 Å². The van der Waals surface area contributed by atoms with Gasteiger partial charge in [-0.1, -0.05) is 20.8 Å². The van der Waals surface area contributed by atoms with E-state index < -0.39 is 28.5 Å². The van der Waals surface area contributed by atoms with Crippen LogP contribution in [0.25, 0.3) is 10.9 Å². The van der Waals surface area contributed by atoms with Crippen molar-refractivity contribution in [3.05, 3.63) is 40.7 Å². The molecule has 1 aromatic heterocycles. The minimum Gasteiger partial charge on any atom is -0.465 e. The fourth-order valence-electron chi connectivity index (χ4n) is 3.96. The molecule has 134 valence electrons. The number of benzene rings is 1. The van der Waals surface area contributed by atoms with Crippen molar-refractivity contribution in [1.29, 1.82) is 0 Å². The van der Waals surface area contributed by atoms with Crippen molar-refractivity contribution in [2.75, 3.05) is 6.54 Å². The second-order valence-electron chi connectivity index (χ2n) is 7.54. The predicted octanol–water partition coefficient (Wildman–Crippen LogP) is 3.40. The number of piperidine rings is 1. The third-order valence-corrected chi connectivity index (χ3v) is 5.15. The van der Waals surface area contributed by atoms with Crippen LogP contribution < -0.4 is 5.56 Å². The van der Waals surface area contributed by atoms with Gasteiger partial charge in [-0.15, -0.1) is 0 Å². The van der Waals surface area contributed by atoms with E-state index in [1.165, 1.54) is 27.9 Å². The Bertz CT molecular complexity index is 887. The normalized spacial score (nSPS) is 21.5. The summed E-state index contributed by atoms with van der Waals surface area (Å²) in [5, 5.41) is 9.93. The molecule has 0 aliphatic carbocycles. The average molecular weight is 347 g/mol. The largest absolute Gasteiger partial charge is 0.465 e. The molecule has 2 heterocycles. The Kier molecular flexibility index (Phi) is 4.05. The van der Waals surface area contributed by atoms with Crippen molar-refractivity contribution >= 4 is 17.0 Å². The van der Waals surface area contributed by atoms with Gasteiger partial charge in [-0.3, -0.25) is 14.3 Å². The van der Waals surface area contributed by atoms with E-state index in [-0.39, 0.29) is 5.39 Å². The van der Waals surface area contributed by atoms with Crippen molar-refractivity contribution in [2.24, 2.45) is 5.41 Å². The highest BCUT2D eigenvalue weighted by Gasteiger charge is 2.52. The molecule has 1 amide bonds. The first-order valence-corrected chi connectivity index (χ1v) is 8.36. The third kappa shape index (κ3) is 2.58. The van der Waals surface area contributed by atoms with Crippen molar-refractivity contribution in [3.63, 3.8) is 0 Å². The highest BCUT2D eigenvalue weighted by molar-refractivity contribution is 5.77. The summed E-state index contributed by atoms with van der Waals surface area (Å²) in [5.41, 5.74) is -1.66. The van der Waals surface area contributed by atoms with Crippen LogP contribution >= 0.6 is 0 Å². The molecule has 1 N–H and O–H groups in total. The van der Waals surface area contributed by atoms with Gasteiger partial charge >= 0.3 is 6.09 Å². The Morgan fingerprint density at radius 3 is 2.68 bits per heavy atom. The lowest BCUT2D eigenvalue weighted by atomic mass is 9.74. The van der Waals surface area contributed by atoms with E-state index in [9.17, 15) is 19.1 Å². The number of carbonyl (C=O) groups is 1. The first kappa shape index (κ1) is 17.4. The fraction of sp³-hybridized carbons (Fsp3) is 0.500. The molecule has 6 nitrogen and oxygen atoms in total. The van der Waals surface area contributed by atoms with E-state index in [2.05, 4.69) is 4.98 Å². The molecule has 1 atom stereocenters. The maximum atomic E-state index is 13.6. The molecule has 1 aliphatic heterocycles. The van der Waals surface area contributed by atoms with Crippen LogP contribution in [-0.4, -0.2) is 32.2 Å². The molecule has 1 aliphatic rings. The number of aromatic nitrogens is 2. The molecular weight excluding hydrogens is 325 g/mol. The molecule has 25 heavy (non-hydrogen) atoms. The van der Waals surface area contributed by atoms with Crippen molar-refractivity contribution in [3.8, 4) is 0 Å². The van der Waals surface area contributed by atoms with Gasteiger partial charge in [0.25, 0.3) is 5.56 Å². The zero-order valence-electron chi connectivity index (χ0n) is 14.6. The van der Waals surface area contributed by atoms with Gasteiger partial charge in [-0.2, -0.15) is 0 Å². The minimum absolute atomic E-state index is 0.155. The van der Waals surface area contributed by atoms with Gasteiger partial charge < -0.3 is 5.11 Å².